The monoisotopic (exact) mass is 435 g/mol. The minimum atomic E-state index is -0.220. The molecule has 5 rings (SSSR count). The van der Waals surface area contributed by atoms with E-state index in [0.29, 0.717) is 23.7 Å². The van der Waals surface area contributed by atoms with E-state index in [2.05, 4.69) is 20.2 Å². The number of nitrogens with one attached hydrogen (secondary N) is 1. The quantitative estimate of drug-likeness (QED) is 0.411. The van der Waals surface area contributed by atoms with E-state index in [-0.39, 0.29) is 5.91 Å². The van der Waals surface area contributed by atoms with Crippen molar-refractivity contribution in [3.8, 4) is 17.1 Å². The molecule has 162 valence electrons. The molecule has 7 heteroatoms. The highest BCUT2D eigenvalue weighted by atomic mass is 16.5. The molecule has 1 N–H and O–H groups in total. The molecule has 0 saturated carbocycles. The lowest BCUT2D eigenvalue weighted by Crippen LogP contribution is -2.26. The molecule has 0 aliphatic heterocycles. The molecule has 3 heterocycles. The first kappa shape index (κ1) is 20.4. The van der Waals surface area contributed by atoms with Crippen molar-refractivity contribution in [3.63, 3.8) is 0 Å². The molecule has 0 atom stereocenters. The number of benzene rings is 2. The van der Waals surface area contributed by atoms with Crippen molar-refractivity contribution in [2.45, 2.75) is 6.61 Å². The van der Waals surface area contributed by atoms with E-state index >= 15 is 0 Å². The van der Waals surface area contributed by atoms with E-state index < -0.39 is 0 Å². The first-order valence-electron chi connectivity index (χ1n) is 10.5. The van der Waals surface area contributed by atoms with Gasteiger partial charge in [0, 0.05) is 24.3 Å². The number of fused-ring (bicyclic) bond motifs is 1. The Morgan fingerprint density at radius 2 is 1.79 bits per heavy atom. The van der Waals surface area contributed by atoms with E-state index in [1.807, 2.05) is 78.9 Å². The van der Waals surface area contributed by atoms with E-state index in [9.17, 15) is 4.79 Å². The minimum absolute atomic E-state index is 0.220. The molecule has 0 aliphatic carbocycles. The molecule has 0 unspecified atom stereocenters. The summed E-state index contributed by atoms with van der Waals surface area (Å²) in [6, 6.07) is 26.6. The number of hydrogen-bond donors (Lipinski definition) is 1. The van der Waals surface area contributed by atoms with Gasteiger partial charge in [-0.05, 0) is 54.6 Å². The van der Waals surface area contributed by atoms with Crippen LogP contribution in [0.25, 0.3) is 22.3 Å². The molecule has 1 amide bonds. The van der Waals surface area contributed by atoms with Gasteiger partial charge in [-0.1, -0.05) is 30.3 Å². The number of aromatic nitrogens is 4. The molecule has 0 bridgehead atoms. The second-order valence-electron chi connectivity index (χ2n) is 7.52. The van der Waals surface area contributed by atoms with Gasteiger partial charge < -0.3 is 9.64 Å². The van der Waals surface area contributed by atoms with Crippen molar-refractivity contribution < 1.29 is 9.53 Å². The van der Waals surface area contributed by atoms with Crippen molar-refractivity contribution in [1.82, 2.24) is 20.2 Å². The molecule has 2 aromatic carbocycles. The van der Waals surface area contributed by atoms with Gasteiger partial charge in [-0.3, -0.25) is 14.9 Å². The fraction of sp³-hybridized carbons (Fsp3) is 0.0769. The maximum Gasteiger partial charge on any atom is 0.278 e. The van der Waals surface area contributed by atoms with Crippen LogP contribution in [-0.2, 0) is 6.61 Å². The Kier molecular flexibility index (Phi) is 5.51. The number of carbonyl (C=O) groups is 1. The smallest absolute Gasteiger partial charge is 0.278 e. The van der Waals surface area contributed by atoms with Gasteiger partial charge in [0.15, 0.2) is 5.69 Å². The predicted octanol–water partition coefficient (Wildman–Crippen LogP) is 4.88. The van der Waals surface area contributed by atoms with E-state index in [4.69, 9.17) is 4.74 Å². The van der Waals surface area contributed by atoms with Crippen LogP contribution >= 0.6 is 0 Å². The number of para-hydroxylation sites is 1. The number of aromatic amines is 1. The van der Waals surface area contributed by atoms with Crippen LogP contribution in [0.1, 0.15) is 16.2 Å². The summed E-state index contributed by atoms with van der Waals surface area (Å²) in [5.41, 5.74) is 4.28. The van der Waals surface area contributed by atoms with Crippen LogP contribution in [0, 0.1) is 0 Å². The molecule has 5 aromatic rings. The van der Waals surface area contributed by atoms with Crippen LogP contribution < -0.4 is 9.64 Å². The number of amides is 1. The van der Waals surface area contributed by atoms with Crippen molar-refractivity contribution in [2.24, 2.45) is 0 Å². The van der Waals surface area contributed by atoms with Crippen LogP contribution in [0.2, 0.25) is 0 Å². The fourth-order valence-electron chi connectivity index (χ4n) is 3.49. The van der Waals surface area contributed by atoms with Crippen molar-refractivity contribution in [2.75, 3.05) is 11.9 Å². The number of anilines is 1. The second kappa shape index (κ2) is 8.92. The molecule has 0 saturated heterocycles. The van der Waals surface area contributed by atoms with E-state index in [0.717, 1.165) is 28.0 Å². The Balaban J connectivity index is 1.24. The number of ether oxygens (including phenoxy) is 1. The highest BCUT2D eigenvalue weighted by Gasteiger charge is 2.17. The minimum Gasteiger partial charge on any atom is -0.487 e. The van der Waals surface area contributed by atoms with Gasteiger partial charge in [-0.15, -0.1) is 0 Å². The summed E-state index contributed by atoms with van der Waals surface area (Å²) in [4.78, 5) is 23.3. The van der Waals surface area contributed by atoms with Gasteiger partial charge in [0.1, 0.15) is 12.4 Å². The number of hydrogen-bond acceptors (Lipinski definition) is 5. The van der Waals surface area contributed by atoms with Crippen molar-refractivity contribution in [3.05, 3.63) is 103 Å². The Morgan fingerprint density at radius 3 is 2.61 bits per heavy atom. The van der Waals surface area contributed by atoms with Crippen LogP contribution in [0.3, 0.4) is 0 Å². The summed E-state index contributed by atoms with van der Waals surface area (Å²) in [6.07, 6.45) is 1.70. The number of H-pyrrole nitrogens is 1. The Bertz CT molecular complexity index is 1400. The SMILES string of the molecule is CN(C(=O)c1cc(-c2ccccn2)[nH]n1)c1ccc(OCc2ccc3ccccc3n2)cc1. The summed E-state index contributed by atoms with van der Waals surface area (Å²) in [6.45, 7) is 0.364. The Morgan fingerprint density at radius 1 is 0.970 bits per heavy atom. The number of rotatable bonds is 6. The average Bonchev–Trinajstić information content (AvgIpc) is 3.38. The zero-order chi connectivity index (χ0) is 22.6. The third-order valence-electron chi connectivity index (χ3n) is 5.31. The normalized spacial score (nSPS) is 10.8. The highest BCUT2D eigenvalue weighted by molar-refractivity contribution is 6.04. The highest BCUT2D eigenvalue weighted by Crippen LogP contribution is 2.22. The van der Waals surface area contributed by atoms with Gasteiger partial charge in [0.25, 0.3) is 5.91 Å². The first-order valence-corrected chi connectivity index (χ1v) is 10.5. The molecule has 0 radical (unpaired) electrons. The molecular formula is C26H21N5O2. The number of pyridine rings is 2. The molecule has 0 spiro atoms. The summed E-state index contributed by atoms with van der Waals surface area (Å²) >= 11 is 0. The van der Waals surface area contributed by atoms with Crippen LogP contribution in [0.5, 0.6) is 5.75 Å². The standard InChI is InChI=1S/C26H21N5O2/c1-31(26(32)25-16-24(29-30-25)23-8-4-5-15-27-23)20-11-13-21(14-12-20)33-17-19-10-9-18-6-2-3-7-22(18)28-19/h2-16H,17H2,1H3,(H,29,30). The summed E-state index contributed by atoms with van der Waals surface area (Å²) < 4.78 is 5.88. The molecule has 3 aromatic heterocycles. The third-order valence-corrected chi connectivity index (χ3v) is 5.31. The van der Waals surface area contributed by atoms with E-state index in [1.54, 1.807) is 24.2 Å². The largest absolute Gasteiger partial charge is 0.487 e. The van der Waals surface area contributed by atoms with Gasteiger partial charge in [-0.25, -0.2) is 4.98 Å². The lowest BCUT2D eigenvalue weighted by Gasteiger charge is -2.16. The van der Waals surface area contributed by atoms with Crippen molar-refractivity contribution >= 4 is 22.5 Å². The Hall–Kier alpha value is -4.52. The number of carbonyl (C=O) groups excluding carboxylic acids is 1. The topological polar surface area (TPSA) is 84.0 Å². The fourth-order valence-corrected chi connectivity index (χ4v) is 3.49. The number of nitrogens with zero attached hydrogens (tertiary/aromatic N) is 4. The zero-order valence-electron chi connectivity index (χ0n) is 18.0. The lowest BCUT2D eigenvalue weighted by atomic mass is 10.2. The molecule has 0 aliphatic rings. The first-order chi connectivity index (χ1) is 16.2. The molecular weight excluding hydrogens is 414 g/mol. The molecule has 0 fully saturated rings. The van der Waals surface area contributed by atoms with Gasteiger partial charge in [0.05, 0.1) is 22.6 Å². The second-order valence-corrected chi connectivity index (χ2v) is 7.52. The summed E-state index contributed by atoms with van der Waals surface area (Å²) in [5, 5.41) is 8.13. The zero-order valence-corrected chi connectivity index (χ0v) is 18.0. The van der Waals surface area contributed by atoms with Gasteiger partial charge >= 0.3 is 0 Å². The van der Waals surface area contributed by atoms with E-state index in [1.165, 1.54) is 0 Å². The van der Waals surface area contributed by atoms with Crippen LogP contribution in [0.15, 0.2) is 91.1 Å². The average molecular weight is 435 g/mol. The Labute approximate surface area is 190 Å². The lowest BCUT2D eigenvalue weighted by molar-refractivity contribution is 0.0988. The maximum absolute atomic E-state index is 12.9. The predicted molar refractivity (Wildman–Crippen MR) is 127 cm³/mol. The van der Waals surface area contributed by atoms with Crippen LogP contribution in [-0.4, -0.2) is 33.1 Å². The van der Waals surface area contributed by atoms with Crippen molar-refractivity contribution in [1.29, 1.82) is 0 Å². The molecule has 7 nitrogen and oxygen atoms in total. The van der Waals surface area contributed by atoms with Crippen LogP contribution in [0.4, 0.5) is 5.69 Å². The summed E-state index contributed by atoms with van der Waals surface area (Å²) in [5.74, 6) is 0.481. The molecule has 33 heavy (non-hydrogen) atoms. The van der Waals surface area contributed by atoms with Gasteiger partial charge in [-0.2, -0.15) is 5.10 Å². The third kappa shape index (κ3) is 4.43. The summed E-state index contributed by atoms with van der Waals surface area (Å²) in [7, 11) is 1.71. The van der Waals surface area contributed by atoms with Gasteiger partial charge in [0.2, 0.25) is 0 Å². The maximum atomic E-state index is 12.9.